The van der Waals surface area contributed by atoms with Crippen molar-refractivity contribution < 1.29 is 8.42 Å². The zero-order chi connectivity index (χ0) is 26.9. The van der Waals surface area contributed by atoms with E-state index >= 15 is 0 Å². The number of halogens is 1. The number of benzene rings is 3. The quantitative estimate of drug-likeness (QED) is 0.188. The summed E-state index contributed by atoms with van der Waals surface area (Å²) in [5.74, 6) is 0.255. The van der Waals surface area contributed by atoms with Crippen molar-refractivity contribution in [2.45, 2.75) is 31.3 Å². The Labute approximate surface area is 235 Å². The van der Waals surface area contributed by atoms with Gasteiger partial charge in [-0.15, -0.1) is 12.4 Å². The number of sulfone groups is 1. The van der Waals surface area contributed by atoms with Crippen LogP contribution in [0.25, 0.3) is 0 Å². The van der Waals surface area contributed by atoms with Gasteiger partial charge >= 0.3 is 0 Å². The highest BCUT2D eigenvalue weighted by Gasteiger charge is 2.32. The summed E-state index contributed by atoms with van der Waals surface area (Å²) in [4.78, 5) is 8.85. The number of nitrogens with one attached hydrogen (secondary N) is 4. The van der Waals surface area contributed by atoms with Gasteiger partial charge in [-0.05, 0) is 61.4 Å². The highest BCUT2D eigenvalue weighted by atomic mass is 35.5. The molecule has 3 aromatic carbocycles. The molecular weight excluding hydrogens is 534 g/mol. The van der Waals surface area contributed by atoms with Gasteiger partial charge in [-0.3, -0.25) is 5.73 Å². The van der Waals surface area contributed by atoms with Gasteiger partial charge in [0.2, 0.25) is 5.95 Å². The molecule has 9 nitrogen and oxygen atoms in total. The van der Waals surface area contributed by atoms with Gasteiger partial charge in [-0.25, -0.2) is 13.4 Å². The normalized spacial score (nSPS) is 16.7. The maximum absolute atomic E-state index is 11.8. The molecule has 2 unspecified atom stereocenters. The number of fused-ring (bicyclic) bond motifs is 1. The van der Waals surface area contributed by atoms with Crippen LogP contribution < -0.4 is 27.0 Å². The van der Waals surface area contributed by atoms with Gasteiger partial charge < -0.3 is 21.3 Å². The van der Waals surface area contributed by atoms with Crippen LogP contribution in [-0.4, -0.2) is 30.4 Å². The Hall–Kier alpha value is -3.86. The number of aromatic nitrogens is 2. The number of nitrogens with zero attached hydrogens (tertiary/aromatic N) is 2. The van der Waals surface area contributed by atoms with Crippen LogP contribution in [-0.2, 0) is 16.3 Å². The fourth-order valence-corrected chi connectivity index (χ4v) is 4.96. The summed E-state index contributed by atoms with van der Waals surface area (Å²) in [6.45, 7) is 3.74. The highest BCUT2D eigenvalue weighted by Crippen LogP contribution is 2.36. The standard InChI is InChI=1S/C28H31N7O2S.ClH/c1-18-4-6-20(7-5-18)17-28(29)34-24-13-12-23(16-25(24)35-28)31-26-14-15-30-27(33-26)32-22-10-8-21(9-11-22)19(2)38(3,36)37;/h4-16,19,34-35H,17,29H2,1-3H3,(H2,30,31,32,33);1H. The first-order chi connectivity index (χ1) is 18.1. The Bertz CT molecular complexity index is 1560. The molecule has 5 rings (SSSR count). The van der Waals surface area contributed by atoms with E-state index in [1.807, 2.05) is 30.3 Å². The van der Waals surface area contributed by atoms with Crippen molar-refractivity contribution in [3.63, 3.8) is 0 Å². The van der Waals surface area contributed by atoms with Crippen LogP contribution in [0.1, 0.15) is 28.9 Å². The molecule has 2 atom stereocenters. The Kier molecular flexibility index (Phi) is 8.01. The number of hydrogen-bond donors (Lipinski definition) is 5. The van der Waals surface area contributed by atoms with E-state index in [9.17, 15) is 8.42 Å². The number of nitrogens with two attached hydrogens (primary N) is 1. The maximum Gasteiger partial charge on any atom is 0.229 e. The van der Waals surface area contributed by atoms with Crippen LogP contribution in [0, 0.1) is 6.92 Å². The molecule has 1 aliphatic heterocycles. The summed E-state index contributed by atoms with van der Waals surface area (Å²) in [6.07, 6.45) is 3.53. The van der Waals surface area contributed by atoms with Crippen molar-refractivity contribution in [1.82, 2.24) is 9.97 Å². The lowest BCUT2D eigenvalue weighted by Gasteiger charge is -2.26. The minimum Gasteiger partial charge on any atom is -0.349 e. The first-order valence-electron chi connectivity index (χ1n) is 12.3. The molecule has 0 radical (unpaired) electrons. The summed E-state index contributed by atoms with van der Waals surface area (Å²) < 4.78 is 23.6. The lowest BCUT2D eigenvalue weighted by Crippen LogP contribution is -2.53. The van der Waals surface area contributed by atoms with Gasteiger partial charge in [0.1, 0.15) is 5.82 Å². The second-order valence-electron chi connectivity index (χ2n) is 9.75. The number of rotatable bonds is 8. The monoisotopic (exact) mass is 565 g/mol. The summed E-state index contributed by atoms with van der Waals surface area (Å²) in [6, 6.07) is 23.3. The Morgan fingerprint density at radius 2 is 1.59 bits per heavy atom. The van der Waals surface area contributed by atoms with Crippen LogP contribution in [0.3, 0.4) is 0 Å². The fourth-order valence-electron chi connectivity index (χ4n) is 4.31. The van der Waals surface area contributed by atoms with E-state index in [0.717, 1.165) is 33.9 Å². The third-order valence-corrected chi connectivity index (χ3v) is 8.10. The van der Waals surface area contributed by atoms with Crippen LogP contribution in [0.15, 0.2) is 79.0 Å². The minimum atomic E-state index is -3.16. The number of anilines is 6. The first kappa shape index (κ1) is 28.2. The van der Waals surface area contributed by atoms with E-state index in [2.05, 4.69) is 62.4 Å². The molecule has 0 fully saturated rings. The summed E-state index contributed by atoms with van der Waals surface area (Å²) in [5, 5.41) is 12.7. The van der Waals surface area contributed by atoms with E-state index in [1.165, 1.54) is 11.8 Å². The molecule has 6 N–H and O–H groups in total. The molecule has 11 heteroatoms. The molecule has 1 aliphatic rings. The van der Waals surface area contributed by atoms with Crippen molar-refractivity contribution >= 4 is 56.8 Å². The van der Waals surface area contributed by atoms with Crippen molar-refractivity contribution in [1.29, 1.82) is 0 Å². The molecule has 204 valence electrons. The van der Waals surface area contributed by atoms with Crippen LogP contribution in [0.5, 0.6) is 0 Å². The van der Waals surface area contributed by atoms with Crippen LogP contribution >= 0.6 is 12.4 Å². The Morgan fingerprint density at radius 1 is 0.923 bits per heavy atom. The first-order valence-corrected chi connectivity index (χ1v) is 14.2. The molecule has 1 aromatic heterocycles. The van der Waals surface area contributed by atoms with Gasteiger partial charge in [0.15, 0.2) is 15.6 Å². The molecule has 39 heavy (non-hydrogen) atoms. The van der Waals surface area contributed by atoms with Crippen LogP contribution in [0.2, 0.25) is 0 Å². The molecule has 4 aromatic rings. The summed E-state index contributed by atoms with van der Waals surface area (Å²) >= 11 is 0. The van der Waals surface area contributed by atoms with Gasteiger partial charge in [0, 0.05) is 30.2 Å². The fraction of sp³-hybridized carbons (Fsp3) is 0.214. The largest absolute Gasteiger partial charge is 0.349 e. The smallest absolute Gasteiger partial charge is 0.229 e. The summed E-state index contributed by atoms with van der Waals surface area (Å²) in [7, 11) is -3.16. The van der Waals surface area contributed by atoms with Gasteiger partial charge in [-0.2, -0.15) is 4.98 Å². The molecule has 0 bridgehead atoms. The predicted octanol–water partition coefficient (Wildman–Crippen LogP) is 5.49. The molecule has 0 spiro atoms. The van der Waals surface area contributed by atoms with Crippen molar-refractivity contribution in [2.75, 3.05) is 27.5 Å². The third-order valence-electron chi connectivity index (χ3n) is 6.55. The Morgan fingerprint density at radius 3 is 2.28 bits per heavy atom. The summed E-state index contributed by atoms with van der Waals surface area (Å²) in [5.41, 5.74) is 13.2. The molecule has 0 amide bonds. The maximum atomic E-state index is 11.8. The van der Waals surface area contributed by atoms with E-state index in [-0.39, 0.29) is 12.4 Å². The lowest BCUT2D eigenvalue weighted by atomic mass is 10.1. The van der Waals surface area contributed by atoms with E-state index < -0.39 is 20.9 Å². The molecular formula is C28H32ClN7O2S. The van der Waals surface area contributed by atoms with Crippen molar-refractivity contribution in [3.8, 4) is 0 Å². The zero-order valence-electron chi connectivity index (χ0n) is 21.9. The van der Waals surface area contributed by atoms with E-state index in [4.69, 9.17) is 5.73 Å². The zero-order valence-corrected chi connectivity index (χ0v) is 23.5. The lowest BCUT2D eigenvalue weighted by molar-refractivity contribution is 0.566. The third kappa shape index (κ3) is 6.78. The number of aryl methyl sites for hydroxylation is 1. The topological polar surface area (TPSA) is 134 Å². The van der Waals surface area contributed by atoms with E-state index in [1.54, 1.807) is 31.3 Å². The highest BCUT2D eigenvalue weighted by molar-refractivity contribution is 7.90. The van der Waals surface area contributed by atoms with Crippen LogP contribution in [0.4, 0.5) is 34.5 Å². The van der Waals surface area contributed by atoms with E-state index in [0.29, 0.717) is 18.2 Å². The molecule has 0 aliphatic carbocycles. The predicted molar refractivity (Wildman–Crippen MR) is 161 cm³/mol. The average molecular weight is 566 g/mol. The Balaban J connectivity index is 0.00000353. The van der Waals surface area contributed by atoms with Gasteiger partial charge in [0.25, 0.3) is 0 Å². The number of hydrogen-bond acceptors (Lipinski definition) is 9. The second-order valence-corrected chi connectivity index (χ2v) is 12.1. The second kappa shape index (κ2) is 11.1. The SMILES string of the molecule is Cc1ccc(CC2(N)Nc3ccc(Nc4ccnc(Nc5ccc(C(C)S(C)(=O)=O)cc5)n4)cc3N2)cc1.Cl. The average Bonchev–Trinajstić information content (AvgIpc) is 3.20. The minimum absolute atomic E-state index is 0. The molecule has 0 saturated carbocycles. The van der Waals surface area contributed by atoms with Gasteiger partial charge in [0.05, 0.1) is 16.6 Å². The van der Waals surface area contributed by atoms with Crippen molar-refractivity contribution in [3.05, 3.63) is 95.7 Å². The molecule has 2 heterocycles. The van der Waals surface area contributed by atoms with Gasteiger partial charge in [-0.1, -0.05) is 42.0 Å². The van der Waals surface area contributed by atoms with Crippen molar-refractivity contribution in [2.24, 2.45) is 5.73 Å². The molecule has 0 saturated heterocycles.